The van der Waals surface area contributed by atoms with Crippen molar-refractivity contribution in [3.63, 3.8) is 0 Å². The van der Waals surface area contributed by atoms with Crippen LogP contribution < -0.4 is 5.32 Å². The van der Waals surface area contributed by atoms with Crippen LogP contribution in [0.1, 0.15) is 22.5 Å². The molecule has 1 heterocycles. The number of halogens is 1. The normalized spacial score (nSPS) is 10.2. The first-order valence-electron chi connectivity index (χ1n) is 5.78. The first kappa shape index (κ1) is 14.1. The van der Waals surface area contributed by atoms with Crippen molar-refractivity contribution in [3.05, 3.63) is 46.7 Å². The fraction of sp³-hybridized carbons (Fsp3) is 0.154. The molecule has 20 heavy (non-hydrogen) atoms. The largest absolute Gasteiger partial charge is 0.481 e. The second-order valence-electron chi connectivity index (χ2n) is 4.00. The molecule has 1 aromatic heterocycles. The minimum Gasteiger partial charge on any atom is -0.481 e. The van der Waals surface area contributed by atoms with E-state index in [2.05, 4.69) is 10.3 Å². The van der Waals surface area contributed by atoms with Gasteiger partial charge in [-0.05, 0) is 18.2 Å². The van der Waals surface area contributed by atoms with Gasteiger partial charge in [-0.2, -0.15) is 0 Å². The summed E-state index contributed by atoms with van der Waals surface area (Å²) >= 11 is 1.20. The maximum atomic E-state index is 13.0. The van der Waals surface area contributed by atoms with Gasteiger partial charge in [-0.3, -0.25) is 14.9 Å². The van der Waals surface area contributed by atoms with Crippen LogP contribution in [0.5, 0.6) is 0 Å². The molecule has 1 amide bonds. The highest BCUT2D eigenvalue weighted by molar-refractivity contribution is 7.13. The lowest BCUT2D eigenvalue weighted by Crippen LogP contribution is -2.12. The number of hydrogen-bond donors (Lipinski definition) is 2. The number of carbonyl (C=O) groups excluding carboxylic acids is 1. The highest BCUT2D eigenvalue weighted by Crippen LogP contribution is 2.17. The second-order valence-corrected chi connectivity index (χ2v) is 4.86. The van der Waals surface area contributed by atoms with Gasteiger partial charge in [-0.1, -0.05) is 6.07 Å². The van der Waals surface area contributed by atoms with Crippen molar-refractivity contribution in [1.82, 2.24) is 4.98 Å². The highest BCUT2D eigenvalue weighted by Gasteiger charge is 2.10. The van der Waals surface area contributed by atoms with Crippen molar-refractivity contribution in [2.45, 2.75) is 12.8 Å². The Balaban J connectivity index is 1.99. The van der Waals surface area contributed by atoms with Crippen molar-refractivity contribution in [3.8, 4) is 0 Å². The van der Waals surface area contributed by atoms with Gasteiger partial charge in [-0.15, -0.1) is 11.3 Å². The molecule has 0 bridgehead atoms. The molecular weight excluding hydrogens is 283 g/mol. The Kier molecular flexibility index (Phi) is 4.41. The molecule has 2 aromatic rings. The summed E-state index contributed by atoms with van der Waals surface area (Å²) in [6, 6.07) is 5.33. The second kappa shape index (κ2) is 6.25. The summed E-state index contributed by atoms with van der Waals surface area (Å²) in [7, 11) is 0. The molecule has 0 unspecified atom stereocenters. The van der Waals surface area contributed by atoms with Crippen LogP contribution in [0.15, 0.2) is 29.6 Å². The zero-order chi connectivity index (χ0) is 14.5. The van der Waals surface area contributed by atoms with E-state index in [1.54, 1.807) is 5.38 Å². The zero-order valence-electron chi connectivity index (χ0n) is 10.3. The number of thiazole rings is 1. The zero-order valence-corrected chi connectivity index (χ0v) is 11.1. The topological polar surface area (TPSA) is 79.3 Å². The first-order valence-corrected chi connectivity index (χ1v) is 6.65. The molecule has 2 N–H and O–H groups in total. The summed E-state index contributed by atoms with van der Waals surface area (Å²) in [6.07, 6.45) is 0.294. The minimum absolute atomic E-state index is 0.0129. The average molecular weight is 294 g/mol. The summed E-state index contributed by atoms with van der Waals surface area (Å²) in [5, 5.41) is 13.2. The molecule has 0 aliphatic rings. The maximum Gasteiger partial charge on any atom is 0.303 e. The lowest BCUT2D eigenvalue weighted by atomic mass is 10.2. The number of aryl methyl sites for hydroxylation is 1. The SMILES string of the molecule is O=C(O)CCc1csc(NC(=O)c2cccc(F)c2)n1. The van der Waals surface area contributed by atoms with E-state index < -0.39 is 17.7 Å². The number of benzene rings is 1. The van der Waals surface area contributed by atoms with Crippen molar-refractivity contribution in [2.24, 2.45) is 0 Å². The van der Waals surface area contributed by atoms with E-state index in [0.29, 0.717) is 17.2 Å². The molecule has 5 nitrogen and oxygen atoms in total. The maximum absolute atomic E-state index is 13.0. The van der Waals surface area contributed by atoms with Gasteiger partial charge in [0.25, 0.3) is 5.91 Å². The standard InChI is InChI=1S/C13H11FN2O3S/c14-9-3-1-2-8(6-9)12(19)16-13-15-10(7-20-13)4-5-11(17)18/h1-3,6-7H,4-5H2,(H,17,18)(H,15,16,19). The molecule has 0 saturated carbocycles. The Bertz CT molecular complexity index is 642. The summed E-state index contributed by atoms with van der Waals surface area (Å²) < 4.78 is 13.0. The summed E-state index contributed by atoms with van der Waals surface area (Å²) in [5.74, 6) is -1.84. The van der Waals surface area contributed by atoms with Crippen molar-refractivity contribution in [2.75, 3.05) is 5.32 Å². The number of hydrogen-bond acceptors (Lipinski definition) is 4. The number of anilines is 1. The van der Waals surface area contributed by atoms with Gasteiger partial charge in [0.1, 0.15) is 5.82 Å². The van der Waals surface area contributed by atoms with Crippen molar-refractivity contribution < 1.29 is 19.1 Å². The quantitative estimate of drug-likeness (QED) is 0.888. The highest BCUT2D eigenvalue weighted by atomic mass is 32.1. The number of aliphatic carboxylic acids is 1. The molecule has 1 aromatic carbocycles. The average Bonchev–Trinajstić information content (AvgIpc) is 2.84. The van der Waals surface area contributed by atoms with Gasteiger partial charge in [0, 0.05) is 17.4 Å². The molecule has 0 aliphatic carbocycles. The Morgan fingerprint density at radius 2 is 2.20 bits per heavy atom. The minimum atomic E-state index is -0.900. The van der Waals surface area contributed by atoms with Crippen LogP contribution in [-0.4, -0.2) is 22.0 Å². The molecule has 0 atom stereocenters. The van der Waals surface area contributed by atoms with E-state index in [0.717, 1.165) is 6.07 Å². The van der Waals surface area contributed by atoms with E-state index >= 15 is 0 Å². The van der Waals surface area contributed by atoms with Crippen molar-refractivity contribution in [1.29, 1.82) is 0 Å². The van der Waals surface area contributed by atoms with Crippen LogP contribution in [0.3, 0.4) is 0 Å². The van der Waals surface area contributed by atoms with E-state index in [-0.39, 0.29) is 12.0 Å². The van der Waals surface area contributed by atoms with E-state index in [1.807, 2.05) is 0 Å². The third-order valence-corrected chi connectivity index (χ3v) is 3.26. The monoisotopic (exact) mass is 294 g/mol. The lowest BCUT2D eigenvalue weighted by Gasteiger charge is -2.01. The molecule has 0 aliphatic heterocycles. The van der Waals surface area contributed by atoms with Crippen LogP contribution in [0.2, 0.25) is 0 Å². The summed E-state index contributed by atoms with van der Waals surface area (Å²) in [6.45, 7) is 0. The van der Waals surface area contributed by atoms with E-state index in [9.17, 15) is 14.0 Å². The van der Waals surface area contributed by atoms with E-state index in [1.165, 1.54) is 29.5 Å². The van der Waals surface area contributed by atoms with Gasteiger partial charge < -0.3 is 5.11 Å². The smallest absolute Gasteiger partial charge is 0.303 e. The fourth-order valence-corrected chi connectivity index (χ4v) is 2.25. The Labute approximate surface area is 118 Å². The van der Waals surface area contributed by atoms with Crippen molar-refractivity contribution >= 4 is 28.3 Å². The number of nitrogens with one attached hydrogen (secondary N) is 1. The van der Waals surface area contributed by atoms with Gasteiger partial charge in [0.15, 0.2) is 5.13 Å². The van der Waals surface area contributed by atoms with Crippen LogP contribution in [0, 0.1) is 5.82 Å². The molecule has 2 rings (SSSR count). The molecular formula is C13H11FN2O3S. The van der Waals surface area contributed by atoms with Crippen LogP contribution in [-0.2, 0) is 11.2 Å². The first-order chi connectivity index (χ1) is 9.54. The van der Waals surface area contributed by atoms with Gasteiger partial charge in [0.2, 0.25) is 0 Å². The molecule has 7 heteroatoms. The van der Waals surface area contributed by atoms with Crippen LogP contribution in [0.4, 0.5) is 9.52 Å². The summed E-state index contributed by atoms with van der Waals surface area (Å²) in [5.41, 5.74) is 0.805. The lowest BCUT2D eigenvalue weighted by molar-refractivity contribution is -0.136. The fourth-order valence-electron chi connectivity index (χ4n) is 1.51. The van der Waals surface area contributed by atoms with Gasteiger partial charge >= 0.3 is 5.97 Å². The number of aromatic nitrogens is 1. The van der Waals surface area contributed by atoms with Gasteiger partial charge in [-0.25, -0.2) is 9.37 Å². The number of nitrogens with zero attached hydrogens (tertiary/aromatic N) is 1. The molecule has 0 fully saturated rings. The predicted octanol–water partition coefficient (Wildman–Crippen LogP) is 2.55. The predicted molar refractivity (Wildman–Crippen MR) is 72.4 cm³/mol. The van der Waals surface area contributed by atoms with Gasteiger partial charge in [0.05, 0.1) is 12.1 Å². The molecule has 104 valence electrons. The Morgan fingerprint density at radius 1 is 1.40 bits per heavy atom. The van der Waals surface area contributed by atoms with E-state index in [4.69, 9.17) is 5.11 Å². The molecule has 0 radical (unpaired) electrons. The number of carboxylic acid groups (broad SMARTS) is 1. The number of amides is 1. The van der Waals surface area contributed by atoms with Crippen LogP contribution in [0.25, 0.3) is 0 Å². The Morgan fingerprint density at radius 3 is 2.90 bits per heavy atom. The number of rotatable bonds is 5. The molecule has 0 saturated heterocycles. The number of carboxylic acids is 1. The molecule has 0 spiro atoms. The third kappa shape index (κ3) is 3.86. The summed E-state index contributed by atoms with van der Waals surface area (Å²) in [4.78, 5) is 26.4. The number of carbonyl (C=O) groups is 2. The Hall–Kier alpha value is -2.28. The van der Waals surface area contributed by atoms with Crippen LogP contribution >= 0.6 is 11.3 Å². The third-order valence-electron chi connectivity index (χ3n) is 2.45.